The minimum absolute atomic E-state index is 0.0257. The third-order valence-corrected chi connectivity index (χ3v) is 9.29. The van der Waals surface area contributed by atoms with Gasteiger partial charge in [-0.25, -0.2) is 0 Å². The Balaban J connectivity index is 1.26. The van der Waals surface area contributed by atoms with Gasteiger partial charge in [-0.1, -0.05) is 74.7 Å². The summed E-state index contributed by atoms with van der Waals surface area (Å²) in [6.45, 7) is 5.08. The Morgan fingerprint density at radius 3 is 2.13 bits per heavy atom. The second kappa shape index (κ2) is 15.1. The van der Waals surface area contributed by atoms with E-state index in [0.717, 1.165) is 41.9 Å². The van der Waals surface area contributed by atoms with Crippen LogP contribution in [0.1, 0.15) is 86.5 Å². The van der Waals surface area contributed by atoms with Crippen molar-refractivity contribution in [2.75, 3.05) is 26.2 Å². The molecular weight excluding hydrogens is 587 g/mol. The number of nitrogens with zero attached hydrogens (tertiary/aromatic N) is 2. The lowest BCUT2D eigenvalue weighted by Gasteiger charge is -2.43. The highest BCUT2D eigenvalue weighted by molar-refractivity contribution is 5.90. The Morgan fingerprint density at radius 2 is 1.49 bits per heavy atom. The molecule has 246 valence electrons. The standard InChI is InChI=1S/C34H44F3N3O5/c1-23-29(21-39-17-5-3-2-4-6-18-39)44-32(45-30(23)26-13-11-25(22-41)12-14-26)27-15-9-24(10-16-27)20-38-31(42)28-8-7-19-40(28)33(43)34(35,36)37/h9-16,23,28-30,32,41H,2-8,17-22H2,1H3,(H,38,42). The Labute approximate surface area is 262 Å². The van der Waals surface area contributed by atoms with Crippen molar-refractivity contribution in [3.63, 3.8) is 0 Å². The maximum absolute atomic E-state index is 13.0. The molecule has 45 heavy (non-hydrogen) atoms. The highest BCUT2D eigenvalue weighted by atomic mass is 19.4. The number of alkyl halides is 3. The van der Waals surface area contributed by atoms with E-state index in [9.17, 15) is 27.9 Å². The van der Waals surface area contributed by atoms with E-state index in [1.807, 2.05) is 48.5 Å². The summed E-state index contributed by atoms with van der Waals surface area (Å²) in [5.41, 5.74) is 3.44. The molecule has 2 aromatic carbocycles. The average Bonchev–Trinajstić information content (AvgIpc) is 3.51. The molecule has 5 rings (SSSR count). The van der Waals surface area contributed by atoms with Crippen molar-refractivity contribution in [3.8, 4) is 0 Å². The number of benzene rings is 2. The lowest BCUT2D eigenvalue weighted by molar-refractivity contribution is -0.276. The lowest BCUT2D eigenvalue weighted by atomic mass is 9.89. The fraction of sp³-hybridized carbons (Fsp3) is 0.588. The van der Waals surface area contributed by atoms with Crippen molar-refractivity contribution in [1.82, 2.24) is 15.1 Å². The fourth-order valence-electron chi connectivity index (χ4n) is 6.62. The van der Waals surface area contributed by atoms with Gasteiger partial charge in [0.05, 0.1) is 18.8 Å². The number of aliphatic hydroxyl groups excluding tert-OH is 1. The first-order chi connectivity index (χ1) is 21.6. The number of nitrogens with one attached hydrogen (secondary N) is 1. The van der Waals surface area contributed by atoms with E-state index in [1.54, 1.807) is 0 Å². The molecule has 8 nitrogen and oxygen atoms in total. The number of carbonyl (C=O) groups excluding carboxylic acids is 2. The van der Waals surface area contributed by atoms with Gasteiger partial charge in [-0.15, -0.1) is 0 Å². The third kappa shape index (κ3) is 8.44. The van der Waals surface area contributed by atoms with Crippen LogP contribution in [0.3, 0.4) is 0 Å². The predicted octanol–water partition coefficient (Wildman–Crippen LogP) is 5.41. The van der Waals surface area contributed by atoms with Gasteiger partial charge in [-0.05, 0) is 55.5 Å². The van der Waals surface area contributed by atoms with Gasteiger partial charge in [0.2, 0.25) is 5.91 Å². The molecule has 0 aliphatic carbocycles. The van der Waals surface area contributed by atoms with Crippen molar-refractivity contribution >= 4 is 11.8 Å². The Morgan fingerprint density at radius 1 is 0.867 bits per heavy atom. The van der Waals surface area contributed by atoms with E-state index in [0.29, 0.717) is 11.3 Å². The van der Waals surface area contributed by atoms with E-state index in [2.05, 4.69) is 17.1 Å². The molecule has 0 bridgehead atoms. The van der Waals surface area contributed by atoms with Crippen LogP contribution in [0.25, 0.3) is 0 Å². The molecule has 3 aliphatic rings. The summed E-state index contributed by atoms with van der Waals surface area (Å²) in [5, 5.41) is 12.2. The molecule has 0 saturated carbocycles. The summed E-state index contributed by atoms with van der Waals surface area (Å²) in [6.07, 6.45) is 0.792. The maximum atomic E-state index is 13.0. The minimum Gasteiger partial charge on any atom is -0.392 e. The first-order valence-electron chi connectivity index (χ1n) is 16.1. The smallest absolute Gasteiger partial charge is 0.392 e. The van der Waals surface area contributed by atoms with E-state index in [4.69, 9.17) is 9.47 Å². The number of ether oxygens (including phenoxy) is 2. The van der Waals surface area contributed by atoms with Crippen molar-refractivity contribution < 1.29 is 37.3 Å². The first-order valence-corrected chi connectivity index (χ1v) is 16.1. The van der Waals surface area contributed by atoms with Crippen molar-refractivity contribution in [2.24, 2.45) is 5.92 Å². The highest BCUT2D eigenvalue weighted by Crippen LogP contribution is 2.42. The van der Waals surface area contributed by atoms with Gasteiger partial charge in [-0.3, -0.25) is 9.59 Å². The summed E-state index contributed by atoms with van der Waals surface area (Å²) in [5.74, 6) is -2.48. The molecule has 0 spiro atoms. The summed E-state index contributed by atoms with van der Waals surface area (Å²) in [6, 6.07) is 14.2. The van der Waals surface area contributed by atoms with Crippen molar-refractivity contribution in [3.05, 3.63) is 70.8 Å². The van der Waals surface area contributed by atoms with Crippen LogP contribution in [0, 0.1) is 5.92 Å². The Hall–Kier alpha value is -2.99. The van der Waals surface area contributed by atoms with Crippen LogP contribution in [-0.4, -0.2) is 71.2 Å². The monoisotopic (exact) mass is 631 g/mol. The van der Waals surface area contributed by atoms with Gasteiger partial charge in [0.25, 0.3) is 0 Å². The Bertz CT molecular complexity index is 1270. The summed E-state index contributed by atoms with van der Waals surface area (Å²) in [4.78, 5) is 27.6. The van der Waals surface area contributed by atoms with Crippen LogP contribution in [0.5, 0.6) is 0 Å². The average molecular weight is 632 g/mol. The van der Waals surface area contributed by atoms with Gasteiger partial charge in [0.15, 0.2) is 6.29 Å². The van der Waals surface area contributed by atoms with Gasteiger partial charge in [0, 0.05) is 31.1 Å². The zero-order chi connectivity index (χ0) is 32.0. The van der Waals surface area contributed by atoms with E-state index in [1.165, 1.54) is 32.1 Å². The van der Waals surface area contributed by atoms with Crippen LogP contribution >= 0.6 is 0 Å². The molecule has 2 amide bonds. The quantitative estimate of drug-likeness (QED) is 0.405. The SMILES string of the molecule is CC1C(CN2CCCCCCC2)OC(c2ccc(CNC(=O)C3CCCN3C(=O)C(F)(F)F)cc2)OC1c1ccc(CO)cc1. The first kappa shape index (κ1) is 33.4. The molecular formula is C34H44F3N3O5. The number of likely N-dealkylation sites (tertiary alicyclic amines) is 2. The number of halogens is 3. The summed E-state index contributed by atoms with van der Waals surface area (Å²) in [7, 11) is 0. The molecule has 2 N–H and O–H groups in total. The van der Waals surface area contributed by atoms with E-state index in [-0.39, 0.29) is 44.2 Å². The van der Waals surface area contributed by atoms with Crippen LogP contribution in [-0.2, 0) is 32.2 Å². The van der Waals surface area contributed by atoms with Crippen LogP contribution in [0.4, 0.5) is 13.2 Å². The van der Waals surface area contributed by atoms with Crippen LogP contribution in [0.2, 0.25) is 0 Å². The molecule has 3 fully saturated rings. The third-order valence-electron chi connectivity index (χ3n) is 9.29. The number of amides is 2. The zero-order valence-electron chi connectivity index (χ0n) is 25.8. The molecule has 0 radical (unpaired) electrons. The number of aliphatic hydroxyl groups is 1. The number of hydrogen-bond acceptors (Lipinski definition) is 6. The minimum atomic E-state index is -5.01. The zero-order valence-corrected chi connectivity index (χ0v) is 25.8. The molecule has 5 unspecified atom stereocenters. The molecule has 11 heteroatoms. The van der Waals surface area contributed by atoms with Crippen LogP contribution < -0.4 is 5.32 Å². The van der Waals surface area contributed by atoms with Gasteiger partial charge in [0.1, 0.15) is 6.04 Å². The van der Waals surface area contributed by atoms with E-state index >= 15 is 0 Å². The molecule has 3 aliphatic heterocycles. The molecule has 0 aromatic heterocycles. The topological polar surface area (TPSA) is 91.3 Å². The maximum Gasteiger partial charge on any atom is 0.471 e. The van der Waals surface area contributed by atoms with Gasteiger partial charge < -0.3 is 29.7 Å². The van der Waals surface area contributed by atoms with Gasteiger partial charge >= 0.3 is 12.1 Å². The lowest BCUT2D eigenvalue weighted by Crippen LogP contribution is -2.50. The fourth-order valence-corrected chi connectivity index (χ4v) is 6.62. The Kier molecular flexibility index (Phi) is 11.2. The molecule has 3 saturated heterocycles. The molecule has 3 heterocycles. The number of carbonyl (C=O) groups is 2. The second-order valence-electron chi connectivity index (χ2n) is 12.5. The van der Waals surface area contributed by atoms with Crippen molar-refractivity contribution in [2.45, 2.75) is 95.7 Å². The largest absolute Gasteiger partial charge is 0.471 e. The summed E-state index contributed by atoms with van der Waals surface area (Å²) < 4.78 is 52.1. The van der Waals surface area contributed by atoms with E-state index < -0.39 is 30.3 Å². The summed E-state index contributed by atoms with van der Waals surface area (Å²) >= 11 is 0. The number of hydrogen-bond donors (Lipinski definition) is 2. The second-order valence-corrected chi connectivity index (χ2v) is 12.5. The highest BCUT2D eigenvalue weighted by Gasteiger charge is 2.47. The predicted molar refractivity (Wildman–Crippen MR) is 162 cm³/mol. The number of rotatable bonds is 8. The normalized spacial score (nSPS) is 26.7. The van der Waals surface area contributed by atoms with Crippen LogP contribution in [0.15, 0.2) is 48.5 Å². The van der Waals surface area contributed by atoms with Crippen molar-refractivity contribution in [1.29, 1.82) is 0 Å². The molecule has 5 atom stereocenters. The van der Waals surface area contributed by atoms with Gasteiger partial charge in [-0.2, -0.15) is 13.2 Å². The molecule has 2 aromatic rings.